The third-order valence-electron chi connectivity index (χ3n) is 2.50. The number of hydrogen-bond acceptors (Lipinski definition) is 3. The number of rotatable bonds is 4. The number of nitrogens with zero attached hydrogens (tertiary/aromatic N) is 2. The Morgan fingerprint density at radius 3 is 2.94 bits per heavy atom. The number of aromatic nitrogens is 2. The molecule has 86 valence electrons. The number of thiophene rings is 1. The van der Waals surface area contributed by atoms with Crippen LogP contribution in [0.3, 0.4) is 0 Å². The van der Waals surface area contributed by atoms with Gasteiger partial charge in [-0.1, -0.05) is 0 Å². The molecule has 0 spiro atoms. The lowest BCUT2D eigenvalue weighted by Crippen LogP contribution is -2.17. The first-order valence-electron chi connectivity index (χ1n) is 5.07. The molecule has 0 fully saturated rings. The molecule has 16 heavy (non-hydrogen) atoms. The SMILES string of the molecule is CNC(Cc1cc(Br)cs1)c1cnn(C)c1. The van der Waals surface area contributed by atoms with E-state index in [1.165, 1.54) is 10.4 Å². The van der Waals surface area contributed by atoms with Crippen molar-refractivity contribution >= 4 is 27.3 Å². The van der Waals surface area contributed by atoms with Crippen molar-refractivity contribution in [2.75, 3.05) is 7.05 Å². The van der Waals surface area contributed by atoms with Crippen molar-refractivity contribution < 1.29 is 0 Å². The molecule has 2 aromatic heterocycles. The molecule has 0 aromatic carbocycles. The number of halogens is 1. The molecule has 2 aromatic rings. The van der Waals surface area contributed by atoms with Crippen LogP contribution in [0, 0.1) is 0 Å². The molecule has 2 rings (SSSR count). The molecule has 0 bridgehead atoms. The molecule has 0 aliphatic carbocycles. The average molecular weight is 300 g/mol. The van der Waals surface area contributed by atoms with Crippen molar-refractivity contribution in [1.82, 2.24) is 15.1 Å². The molecule has 1 unspecified atom stereocenters. The van der Waals surface area contributed by atoms with Crippen molar-refractivity contribution in [2.45, 2.75) is 12.5 Å². The second-order valence-electron chi connectivity index (χ2n) is 3.72. The first kappa shape index (κ1) is 11.8. The monoisotopic (exact) mass is 299 g/mol. The Morgan fingerprint density at radius 1 is 1.62 bits per heavy atom. The van der Waals surface area contributed by atoms with Crippen molar-refractivity contribution in [3.8, 4) is 0 Å². The fraction of sp³-hybridized carbons (Fsp3) is 0.364. The van der Waals surface area contributed by atoms with Gasteiger partial charge in [0.05, 0.1) is 6.20 Å². The van der Waals surface area contributed by atoms with E-state index < -0.39 is 0 Å². The summed E-state index contributed by atoms with van der Waals surface area (Å²) in [6, 6.07) is 2.50. The van der Waals surface area contributed by atoms with E-state index in [2.05, 4.69) is 44.0 Å². The zero-order valence-corrected chi connectivity index (χ0v) is 11.7. The fourth-order valence-electron chi connectivity index (χ4n) is 1.67. The minimum atomic E-state index is 0.333. The predicted molar refractivity (Wildman–Crippen MR) is 70.7 cm³/mol. The zero-order chi connectivity index (χ0) is 11.5. The van der Waals surface area contributed by atoms with E-state index in [1.54, 1.807) is 11.3 Å². The second kappa shape index (κ2) is 5.12. The maximum atomic E-state index is 4.20. The Bertz CT molecular complexity index is 463. The van der Waals surface area contributed by atoms with Crippen LogP contribution in [0.25, 0.3) is 0 Å². The highest BCUT2D eigenvalue weighted by Gasteiger charge is 2.12. The van der Waals surface area contributed by atoms with Gasteiger partial charge in [0, 0.05) is 46.0 Å². The molecule has 0 amide bonds. The van der Waals surface area contributed by atoms with Gasteiger partial charge in [0.25, 0.3) is 0 Å². The third kappa shape index (κ3) is 2.72. The summed E-state index contributed by atoms with van der Waals surface area (Å²) in [5.74, 6) is 0. The summed E-state index contributed by atoms with van der Waals surface area (Å²) in [6.07, 6.45) is 4.98. The highest BCUT2D eigenvalue weighted by Crippen LogP contribution is 2.25. The van der Waals surface area contributed by atoms with Crippen LogP contribution in [-0.4, -0.2) is 16.8 Å². The van der Waals surface area contributed by atoms with Gasteiger partial charge in [0.15, 0.2) is 0 Å². The van der Waals surface area contributed by atoms with E-state index in [0.717, 1.165) is 10.9 Å². The molecule has 1 N–H and O–H groups in total. The Morgan fingerprint density at radius 2 is 2.44 bits per heavy atom. The van der Waals surface area contributed by atoms with Crippen LogP contribution in [0.15, 0.2) is 28.3 Å². The summed E-state index contributed by atoms with van der Waals surface area (Å²) in [5.41, 5.74) is 1.23. The normalized spacial score (nSPS) is 12.9. The smallest absolute Gasteiger partial charge is 0.0537 e. The minimum Gasteiger partial charge on any atom is -0.313 e. The number of hydrogen-bond donors (Lipinski definition) is 1. The van der Waals surface area contributed by atoms with Gasteiger partial charge in [-0.2, -0.15) is 5.10 Å². The topological polar surface area (TPSA) is 29.9 Å². The van der Waals surface area contributed by atoms with Gasteiger partial charge in [0.1, 0.15) is 0 Å². The van der Waals surface area contributed by atoms with E-state index >= 15 is 0 Å². The van der Waals surface area contributed by atoms with Crippen molar-refractivity contribution in [2.24, 2.45) is 7.05 Å². The number of aryl methyl sites for hydroxylation is 1. The molecule has 0 aliphatic rings. The quantitative estimate of drug-likeness (QED) is 0.941. The molecule has 0 radical (unpaired) electrons. The zero-order valence-electron chi connectivity index (χ0n) is 9.27. The van der Waals surface area contributed by atoms with Crippen LogP contribution in [0.4, 0.5) is 0 Å². The molecular weight excluding hydrogens is 286 g/mol. The van der Waals surface area contributed by atoms with Gasteiger partial charge in [-0.3, -0.25) is 4.68 Å². The molecule has 3 nitrogen and oxygen atoms in total. The van der Waals surface area contributed by atoms with E-state index in [0.29, 0.717) is 6.04 Å². The molecule has 0 saturated heterocycles. The number of nitrogens with one attached hydrogen (secondary N) is 1. The van der Waals surface area contributed by atoms with E-state index in [4.69, 9.17) is 0 Å². The van der Waals surface area contributed by atoms with Gasteiger partial charge in [-0.25, -0.2) is 0 Å². The lowest BCUT2D eigenvalue weighted by Gasteiger charge is -2.12. The van der Waals surface area contributed by atoms with Crippen LogP contribution in [0.5, 0.6) is 0 Å². The summed E-state index contributed by atoms with van der Waals surface area (Å²) in [4.78, 5) is 1.37. The molecule has 2 heterocycles. The highest BCUT2D eigenvalue weighted by atomic mass is 79.9. The van der Waals surface area contributed by atoms with Crippen LogP contribution >= 0.6 is 27.3 Å². The molecular formula is C11H14BrN3S. The van der Waals surface area contributed by atoms with E-state index in [9.17, 15) is 0 Å². The van der Waals surface area contributed by atoms with Crippen molar-refractivity contribution in [3.05, 3.63) is 38.8 Å². The second-order valence-corrected chi connectivity index (χ2v) is 5.64. The average Bonchev–Trinajstić information content (AvgIpc) is 2.84. The molecule has 0 saturated carbocycles. The van der Waals surface area contributed by atoms with Crippen LogP contribution in [0.2, 0.25) is 0 Å². The maximum absolute atomic E-state index is 4.20. The fourth-order valence-corrected chi connectivity index (χ4v) is 3.17. The highest BCUT2D eigenvalue weighted by molar-refractivity contribution is 9.10. The van der Waals surface area contributed by atoms with E-state index in [-0.39, 0.29) is 0 Å². The largest absolute Gasteiger partial charge is 0.313 e. The van der Waals surface area contributed by atoms with E-state index in [1.807, 2.05) is 25.0 Å². The maximum Gasteiger partial charge on any atom is 0.0537 e. The van der Waals surface area contributed by atoms with Gasteiger partial charge in [0.2, 0.25) is 0 Å². The Balaban J connectivity index is 2.12. The summed E-state index contributed by atoms with van der Waals surface area (Å²) in [5, 5.41) is 9.65. The standard InChI is InChI=1S/C11H14BrN3S/c1-13-11(8-5-14-15(2)6-8)4-10-3-9(12)7-16-10/h3,5-7,11,13H,4H2,1-2H3. The van der Waals surface area contributed by atoms with Gasteiger partial charge >= 0.3 is 0 Å². The van der Waals surface area contributed by atoms with Crippen LogP contribution < -0.4 is 5.32 Å². The molecule has 0 aliphatic heterocycles. The number of likely N-dealkylation sites (N-methyl/N-ethyl adjacent to an activating group) is 1. The lowest BCUT2D eigenvalue weighted by molar-refractivity contribution is 0.595. The molecule has 1 atom stereocenters. The van der Waals surface area contributed by atoms with Crippen LogP contribution in [-0.2, 0) is 13.5 Å². The third-order valence-corrected chi connectivity index (χ3v) is 4.22. The first-order valence-corrected chi connectivity index (χ1v) is 6.75. The lowest BCUT2D eigenvalue weighted by atomic mass is 10.1. The summed E-state index contributed by atoms with van der Waals surface area (Å²) < 4.78 is 3.00. The van der Waals surface area contributed by atoms with Gasteiger partial charge in [-0.05, 0) is 29.0 Å². The summed E-state index contributed by atoms with van der Waals surface area (Å²) in [7, 11) is 3.93. The van der Waals surface area contributed by atoms with Crippen molar-refractivity contribution in [3.63, 3.8) is 0 Å². The molecule has 5 heteroatoms. The Kier molecular flexibility index (Phi) is 3.78. The first-order chi connectivity index (χ1) is 7.69. The predicted octanol–water partition coefficient (Wildman–Crippen LogP) is 2.75. The van der Waals surface area contributed by atoms with Crippen LogP contribution in [0.1, 0.15) is 16.5 Å². The Labute approximate surface area is 108 Å². The van der Waals surface area contributed by atoms with Crippen molar-refractivity contribution in [1.29, 1.82) is 0 Å². The Hall–Kier alpha value is -0.650. The van der Waals surface area contributed by atoms with Gasteiger partial charge in [-0.15, -0.1) is 11.3 Å². The summed E-state index contributed by atoms with van der Waals surface area (Å²) >= 11 is 5.26. The minimum absolute atomic E-state index is 0.333. The summed E-state index contributed by atoms with van der Waals surface area (Å²) in [6.45, 7) is 0. The van der Waals surface area contributed by atoms with Gasteiger partial charge < -0.3 is 5.32 Å².